The number of carbonyl (C=O) groups is 3. The van der Waals surface area contributed by atoms with Crippen LogP contribution in [0.4, 0.5) is 11.4 Å². The molecule has 3 amide bonds. The third-order valence-corrected chi connectivity index (χ3v) is 6.71. The number of halogens is 1. The molecule has 2 aromatic rings. The van der Waals surface area contributed by atoms with Gasteiger partial charge >= 0.3 is 0 Å². The van der Waals surface area contributed by atoms with Gasteiger partial charge in [-0.05, 0) is 48.9 Å². The first-order valence-electron chi connectivity index (χ1n) is 12.1. The standard InChI is InChI=1S/C26H31ClN4O5/c1-18-2-3-20(15-23(18)27)29-24(32)17-36-22-6-4-21(5-7-22)31-16-19(14-25(31)33)26(34)28-8-9-30-10-12-35-13-11-30/h2-7,15,19H,8-14,16-17H2,1H3,(H,28,34)(H,29,32)/t19-/m1/s1. The van der Waals surface area contributed by atoms with Gasteiger partial charge in [0.2, 0.25) is 11.8 Å². The fourth-order valence-corrected chi connectivity index (χ4v) is 4.36. The van der Waals surface area contributed by atoms with Gasteiger partial charge in [-0.1, -0.05) is 17.7 Å². The van der Waals surface area contributed by atoms with E-state index in [1.165, 1.54) is 0 Å². The zero-order chi connectivity index (χ0) is 25.5. The molecule has 10 heteroatoms. The van der Waals surface area contributed by atoms with Crippen molar-refractivity contribution in [2.45, 2.75) is 13.3 Å². The first-order valence-corrected chi connectivity index (χ1v) is 12.4. The Balaban J connectivity index is 1.22. The molecule has 0 saturated carbocycles. The molecule has 2 aromatic carbocycles. The highest BCUT2D eigenvalue weighted by Gasteiger charge is 2.35. The fraction of sp³-hybridized carbons (Fsp3) is 0.423. The molecular weight excluding hydrogens is 484 g/mol. The quantitative estimate of drug-likeness (QED) is 0.533. The molecular formula is C26H31ClN4O5. The number of amides is 3. The Morgan fingerprint density at radius 1 is 1.14 bits per heavy atom. The molecule has 0 spiro atoms. The van der Waals surface area contributed by atoms with Crippen molar-refractivity contribution in [3.63, 3.8) is 0 Å². The van der Waals surface area contributed by atoms with Crippen molar-refractivity contribution in [2.75, 3.05) is 62.8 Å². The van der Waals surface area contributed by atoms with E-state index in [9.17, 15) is 14.4 Å². The molecule has 36 heavy (non-hydrogen) atoms. The highest BCUT2D eigenvalue weighted by molar-refractivity contribution is 6.31. The number of nitrogens with one attached hydrogen (secondary N) is 2. The van der Waals surface area contributed by atoms with Gasteiger partial charge in [-0.3, -0.25) is 19.3 Å². The lowest BCUT2D eigenvalue weighted by atomic mass is 10.1. The van der Waals surface area contributed by atoms with Crippen molar-refractivity contribution in [3.05, 3.63) is 53.1 Å². The summed E-state index contributed by atoms with van der Waals surface area (Å²) in [7, 11) is 0. The van der Waals surface area contributed by atoms with Gasteiger partial charge in [-0.25, -0.2) is 0 Å². The van der Waals surface area contributed by atoms with Crippen LogP contribution < -0.4 is 20.3 Å². The van der Waals surface area contributed by atoms with E-state index in [1.807, 2.05) is 13.0 Å². The number of aryl methyl sites for hydroxylation is 1. The molecule has 2 aliphatic heterocycles. The summed E-state index contributed by atoms with van der Waals surface area (Å²) in [6, 6.07) is 12.2. The van der Waals surface area contributed by atoms with E-state index in [2.05, 4.69) is 15.5 Å². The second-order valence-electron chi connectivity index (χ2n) is 8.95. The average molecular weight is 515 g/mol. The van der Waals surface area contributed by atoms with E-state index >= 15 is 0 Å². The molecule has 0 aromatic heterocycles. The molecule has 0 radical (unpaired) electrons. The van der Waals surface area contributed by atoms with Crippen LogP contribution >= 0.6 is 11.6 Å². The molecule has 2 heterocycles. The van der Waals surface area contributed by atoms with Crippen molar-refractivity contribution < 1.29 is 23.9 Å². The first-order chi connectivity index (χ1) is 17.4. The number of morpholine rings is 1. The Bertz CT molecular complexity index is 1090. The van der Waals surface area contributed by atoms with Crippen LogP contribution in [-0.2, 0) is 19.1 Å². The average Bonchev–Trinajstić information content (AvgIpc) is 3.27. The first kappa shape index (κ1) is 25.9. The minimum Gasteiger partial charge on any atom is -0.484 e. The molecule has 0 aliphatic carbocycles. The third-order valence-electron chi connectivity index (χ3n) is 6.30. The number of benzene rings is 2. The van der Waals surface area contributed by atoms with Crippen LogP contribution in [0.25, 0.3) is 0 Å². The maximum atomic E-state index is 12.6. The zero-order valence-electron chi connectivity index (χ0n) is 20.3. The second-order valence-corrected chi connectivity index (χ2v) is 9.35. The molecule has 2 saturated heterocycles. The van der Waals surface area contributed by atoms with Gasteiger partial charge in [0.05, 0.1) is 19.1 Å². The second kappa shape index (κ2) is 12.2. The van der Waals surface area contributed by atoms with E-state index in [1.54, 1.807) is 41.3 Å². The summed E-state index contributed by atoms with van der Waals surface area (Å²) in [4.78, 5) is 41.2. The number of nitrogens with zero attached hydrogens (tertiary/aromatic N) is 2. The Labute approximate surface area is 215 Å². The van der Waals surface area contributed by atoms with Gasteiger partial charge in [0, 0.05) is 55.5 Å². The lowest BCUT2D eigenvalue weighted by Crippen LogP contribution is -2.42. The molecule has 1 atom stereocenters. The monoisotopic (exact) mass is 514 g/mol. The summed E-state index contributed by atoms with van der Waals surface area (Å²) in [5, 5.41) is 6.28. The Morgan fingerprint density at radius 3 is 2.61 bits per heavy atom. The van der Waals surface area contributed by atoms with E-state index in [0.717, 1.165) is 38.4 Å². The van der Waals surface area contributed by atoms with E-state index in [0.29, 0.717) is 35.2 Å². The largest absolute Gasteiger partial charge is 0.484 e. The van der Waals surface area contributed by atoms with Gasteiger partial charge in [-0.2, -0.15) is 0 Å². The Hall–Kier alpha value is -3.14. The summed E-state index contributed by atoms with van der Waals surface area (Å²) in [6.07, 6.45) is 0.185. The molecule has 0 unspecified atom stereocenters. The molecule has 2 aliphatic rings. The number of ether oxygens (including phenoxy) is 2. The van der Waals surface area contributed by atoms with Crippen LogP contribution in [0.3, 0.4) is 0 Å². The summed E-state index contributed by atoms with van der Waals surface area (Å²) in [5.41, 5.74) is 2.22. The van der Waals surface area contributed by atoms with Crippen molar-refractivity contribution in [1.29, 1.82) is 0 Å². The number of hydrogen-bond donors (Lipinski definition) is 2. The molecule has 0 bridgehead atoms. The number of hydrogen-bond acceptors (Lipinski definition) is 6. The van der Waals surface area contributed by atoms with Crippen LogP contribution in [0.2, 0.25) is 5.02 Å². The maximum absolute atomic E-state index is 12.6. The minimum atomic E-state index is -0.378. The Kier molecular flexibility index (Phi) is 8.79. The van der Waals surface area contributed by atoms with Gasteiger partial charge in [0.1, 0.15) is 5.75 Å². The van der Waals surface area contributed by atoms with Crippen LogP contribution in [0.5, 0.6) is 5.75 Å². The van der Waals surface area contributed by atoms with E-state index in [4.69, 9.17) is 21.1 Å². The Morgan fingerprint density at radius 2 is 1.89 bits per heavy atom. The SMILES string of the molecule is Cc1ccc(NC(=O)COc2ccc(N3C[C@H](C(=O)NCCN4CCOCC4)CC3=O)cc2)cc1Cl. The molecule has 9 nitrogen and oxygen atoms in total. The summed E-state index contributed by atoms with van der Waals surface area (Å²) in [5.74, 6) is -0.374. The van der Waals surface area contributed by atoms with Crippen LogP contribution in [0.15, 0.2) is 42.5 Å². The van der Waals surface area contributed by atoms with Crippen molar-refractivity contribution >= 4 is 40.7 Å². The van der Waals surface area contributed by atoms with Gasteiger partial charge in [0.25, 0.3) is 5.91 Å². The summed E-state index contributed by atoms with van der Waals surface area (Å²) < 4.78 is 10.9. The topological polar surface area (TPSA) is 100 Å². The van der Waals surface area contributed by atoms with Crippen molar-refractivity contribution in [1.82, 2.24) is 10.2 Å². The van der Waals surface area contributed by atoms with Crippen LogP contribution in [0.1, 0.15) is 12.0 Å². The lowest BCUT2D eigenvalue weighted by molar-refractivity contribution is -0.126. The fourth-order valence-electron chi connectivity index (χ4n) is 4.18. The van der Waals surface area contributed by atoms with Gasteiger partial charge < -0.3 is 25.0 Å². The zero-order valence-corrected chi connectivity index (χ0v) is 21.1. The van der Waals surface area contributed by atoms with Crippen molar-refractivity contribution in [3.8, 4) is 5.75 Å². The molecule has 2 fully saturated rings. The third kappa shape index (κ3) is 6.96. The van der Waals surface area contributed by atoms with E-state index < -0.39 is 0 Å². The highest BCUT2D eigenvalue weighted by Crippen LogP contribution is 2.27. The predicted octanol–water partition coefficient (Wildman–Crippen LogP) is 2.47. The van der Waals surface area contributed by atoms with Crippen molar-refractivity contribution in [2.24, 2.45) is 5.92 Å². The van der Waals surface area contributed by atoms with E-state index in [-0.39, 0.29) is 36.7 Å². The summed E-state index contributed by atoms with van der Waals surface area (Å²) in [6.45, 7) is 6.58. The number of rotatable bonds is 9. The predicted molar refractivity (Wildman–Crippen MR) is 137 cm³/mol. The van der Waals surface area contributed by atoms with Gasteiger partial charge in [0.15, 0.2) is 6.61 Å². The number of anilines is 2. The summed E-state index contributed by atoms with van der Waals surface area (Å²) >= 11 is 6.09. The molecule has 2 N–H and O–H groups in total. The normalized spacial score (nSPS) is 18.2. The molecule has 192 valence electrons. The number of carbonyl (C=O) groups excluding carboxylic acids is 3. The van der Waals surface area contributed by atoms with Gasteiger partial charge in [-0.15, -0.1) is 0 Å². The van der Waals surface area contributed by atoms with Crippen LogP contribution in [-0.4, -0.2) is 75.2 Å². The smallest absolute Gasteiger partial charge is 0.262 e. The van der Waals surface area contributed by atoms with Crippen LogP contribution in [0, 0.1) is 12.8 Å². The maximum Gasteiger partial charge on any atom is 0.262 e. The lowest BCUT2D eigenvalue weighted by Gasteiger charge is -2.26. The highest BCUT2D eigenvalue weighted by atomic mass is 35.5. The minimum absolute atomic E-state index is 0.0897. The molecule has 4 rings (SSSR count).